The van der Waals surface area contributed by atoms with Gasteiger partial charge in [0.1, 0.15) is 18.2 Å². The summed E-state index contributed by atoms with van der Waals surface area (Å²) < 4.78 is 25.1. The van der Waals surface area contributed by atoms with E-state index in [2.05, 4.69) is 9.56 Å². The number of para-hydroxylation sites is 1. The second-order valence-corrected chi connectivity index (χ2v) is 11.1. The van der Waals surface area contributed by atoms with Gasteiger partial charge in [-0.2, -0.15) is 0 Å². The van der Waals surface area contributed by atoms with Crippen LogP contribution in [0.3, 0.4) is 0 Å². The molecule has 3 heterocycles. The average molecular weight is 611 g/mol. The summed E-state index contributed by atoms with van der Waals surface area (Å²) in [4.78, 5) is 36.9. The van der Waals surface area contributed by atoms with Gasteiger partial charge in [-0.05, 0) is 75.4 Å². The van der Waals surface area contributed by atoms with Crippen LogP contribution in [0, 0.1) is 0 Å². The molecule has 0 bridgehead atoms. The number of aryl methyl sites for hydroxylation is 1. The molecule has 10 heteroatoms. The summed E-state index contributed by atoms with van der Waals surface area (Å²) in [6.07, 6.45) is 6.39. The summed E-state index contributed by atoms with van der Waals surface area (Å²) in [6, 6.07) is 18.7. The molecule has 234 valence electrons. The van der Waals surface area contributed by atoms with Gasteiger partial charge >= 0.3 is 5.97 Å². The molecule has 6 rings (SSSR count). The zero-order valence-corrected chi connectivity index (χ0v) is 25.7. The molecule has 0 saturated carbocycles. The maximum Gasteiger partial charge on any atom is 0.338 e. The van der Waals surface area contributed by atoms with E-state index in [0.29, 0.717) is 54.7 Å². The van der Waals surface area contributed by atoms with Gasteiger partial charge in [-0.1, -0.05) is 18.2 Å². The summed E-state index contributed by atoms with van der Waals surface area (Å²) >= 11 is 0. The highest BCUT2D eigenvalue weighted by Crippen LogP contribution is 2.38. The molecule has 1 amide bonds. The number of amides is 1. The third-order valence-corrected chi connectivity index (χ3v) is 8.19. The van der Waals surface area contributed by atoms with Crippen LogP contribution in [0.5, 0.6) is 17.2 Å². The Morgan fingerprint density at radius 2 is 1.87 bits per heavy atom. The van der Waals surface area contributed by atoms with Gasteiger partial charge in [0.05, 0.1) is 54.2 Å². The third kappa shape index (κ3) is 6.64. The van der Waals surface area contributed by atoms with Crippen molar-refractivity contribution < 1.29 is 28.5 Å². The van der Waals surface area contributed by atoms with Crippen LogP contribution in [0.1, 0.15) is 65.6 Å². The topological polar surface area (TPSA) is 104 Å². The molecule has 2 aliphatic rings. The van der Waals surface area contributed by atoms with Crippen LogP contribution in [0.25, 0.3) is 11.0 Å². The van der Waals surface area contributed by atoms with Gasteiger partial charge in [0, 0.05) is 25.4 Å². The Morgan fingerprint density at radius 1 is 1.00 bits per heavy atom. The van der Waals surface area contributed by atoms with E-state index in [1.807, 2.05) is 59.6 Å². The third-order valence-electron chi connectivity index (χ3n) is 8.19. The zero-order chi connectivity index (χ0) is 31.2. The fourth-order valence-corrected chi connectivity index (χ4v) is 5.89. The number of unbranched alkanes of at least 4 members (excludes halogenated alkanes) is 2. The van der Waals surface area contributed by atoms with Crippen LogP contribution in [0.15, 0.2) is 65.7 Å². The molecule has 0 radical (unpaired) electrons. The summed E-state index contributed by atoms with van der Waals surface area (Å²) in [5.74, 6) is 2.30. The molecule has 2 aliphatic heterocycles. The van der Waals surface area contributed by atoms with Crippen molar-refractivity contribution in [2.45, 2.75) is 58.2 Å². The Hall–Kier alpha value is -4.86. The Morgan fingerprint density at radius 3 is 2.69 bits per heavy atom. The van der Waals surface area contributed by atoms with Crippen molar-refractivity contribution in [3.63, 3.8) is 0 Å². The molecule has 1 saturated heterocycles. The van der Waals surface area contributed by atoms with Crippen molar-refractivity contribution in [1.82, 2.24) is 14.5 Å². The normalized spacial score (nSPS) is 15.5. The molecule has 1 atom stereocenters. The first-order chi connectivity index (χ1) is 22.1. The number of fused-ring (bicyclic) bond motifs is 3. The van der Waals surface area contributed by atoms with Gasteiger partial charge in [0.25, 0.3) is 5.91 Å². The molecule has 0 aliphatic carbocycles. The number of esters is 1. The Bertz CT molecular complexity index is 1700. The Balaban J connectivity index is 1.10. The fourth-order valence-electron chi connectivity index (χ4n) is 5.89. The van der Waals surface area contributed by atoms with Gasteiger partial charge in [-0.15, -0.1) is 0 Å². The lowest BCUT2D eigenvalue weighted by atomic mass is 10.1. The standard InChI is InChI=1S/C35H38N4O6/c1-3-43-35(41)24-14-15-28-30(19-24)39(33(37-28)23-45-26-12-6-4-7-13-26)16-8-5-9-18-44-32-21-29-27(20-31(32)42-2)34(40)38-17-10-11-25(38)22-36-29/h4,6-7,12-15,19-22,25H,3,5,8-11,16-18,23H2,1-2H3/t25-/m0/s1. The second kappa shape index (κ2) is 13.8. The summed E-state index contributed by atoms with van der Waals surface area (Å²) in [5, 5.41) is 0. The predicted molar refractivity (Wildman–Crippen MR) is 171 cm³/mol. The molecule has 0 unspecified atom stereocenters. The number of rotatable bonds is 13. The molecule has 1 aromatic heterocycles. The van der Waals surface area contributed by atoms with Crippen LogP contribution in [-0.2, 0) is 17.9 Å². The molecule has 4 aromatic rings. The van der Waals surface area contributed by atoms with Crippen LogP contribution < -0.4 is 14.2 Å². The van der Waals surface area contributed by atoms with E-state index in [0.717, 1.165) is 61.3 Å². The number of aliphatic imine (C=N–C) groups is 1. The van der Waals surface area contributed by atoms with E-state index in [4.69, 9.17) is 23.9 Å². The minimum absolute atomic E-state index is 0.00945. The molecule has 1 fully saturated rings. The molecular formula is C35H38N4O6. The van der Waals surface area contributed by atoms with E-state index < -0.39 is 0 Å². The lowest BCUT2D eigenvalue weighted by molar-refractivity contribution is 0.0526. The Labute approximate surface area is 262 Å². The van der Waals surface area contributed by atoms with Crippen LogP contribution in [0.4, 0.5) is 5.69 Å². The summed E-state index contributed by atoms with van der Waals surface area (Å²) in [7, 11) is 1.58. The van der Waals surface area contributed by atoms with E-state index in [1.165, 1.54) is 0 Å². The summed E-state index contributed by atoms with van der Waals surface area (Å²) in [5.41, 5.74) is 3.33. The van der Waals surface area contributed by atoms with Gasteiger partial charge < -0.3 is 28.4 Å². The molecule has 0 N–H and O–H groups in total. The quantitative estimate of drug-likeness (QED) is 0.128. The van der Waals surface area contributed by atoms with Gasteiger partial charge in [0.2, 0.25) is 0 Å². The minimum atomic E-state index is -0.352. The number of carbonyl (C=O) groups is 2. The lowest BCUT2D eigenvalue weighted by Gasteiger charge is -2.20. The molecule has 10 nitrogen and oxygen atoms in total. The van der Waals surface area contributed by atoms with Crippen molar-refractivity contribution >= 4 is 34.8 Å². The van der Waals surface area contributed by atoms with Crippen LogP contribution >= 0.6 is 0 Å². The molecule has 45 heavy (non-hydrogen) atoms. The number of hydrogen-bond donors (Lipinski definition) is 0. The second-order valence-electron chi connectivity index (χ2n) is 11.1. The first-order valence-electron chi connectivity index (χ1n) is 15.6. The van der Waals surface area contributed by atoms with Crippen molar-refractivity contribution in [2.75, 3.05) is 26.9 Å². The SMILES string of the molecule is CCOC(=O)c1ccc2nc(COc3ccccc3)n(CCCCCOc3cc4c(cc3OC)C(=O)N3CCC[C@H]3C=N4)c2c1. The van der Waals surface area contributed by atoms with Crippen LogP contribution in [0.2, 0.25) is 0 Å². The molecular weight excluding hydrogens is 572 g/mol. The number of benzene rings is 3. The highest BCUT2D eigenvalue weighted by atomic mass is 16.5. The first-order valence-corrected chi connectivity index (χ1v) is 15.6. The van der Waals surface area contributed by atoms with Gasteiger partial charge in [-0.3, -0.25) is 9.79 Å². The smallest absolute Gasteiger partial charge is 0.338 e. The van der Waals surface area contributed by atoms with Crippen molar-refractivity contribution in [1.29, 1.82) is 0 Å². The van der Waals surface area contributed by atoms with Crippen molar-refractivity contribution in [3.8, 4) is 17.2 Å². The van der Waals surface area contributed by atoms with Crippen LogP contribution in [-0.4, -0.2) is 65.5 Å². The first kappa shape index (κ1) is 30.2. The summed E-state index contributed by atoms with van der Waals surface area (Å²) in [6.45, 7) is 4.35. The van der Waals surface area contributed by atoms with Gasteiger partial charge in [-0.25, -0.2) is 9.78 Å². The maximum atomic E-state index is 13.1. The fraction of sp³-hybridized carbons (Fsp3) is 0.371. The number of imidazole rings is 1. The van der Waals surface area contributed by atoms with E-state index in [9.17, 15) is 9.59 Å². The monoisotopic (exact) mass is 610 g/mol. The highest BCUT2D eigenvalue weighted by molar-refractivity contribution is 6.03. The number of nitrogens with zero attached hydrogens (tertiary/aromatic N) is 4. The van der Waals surface area contributed by atoms with Gasteiger partial charge in [0.15, 0.2) is 11.5 Å². The van der Waals surface area contributed by atoms with E-state index in [1.54, 1.807) is 26.2 Å². The highest BCUT2D eigenvalue weighted by Gasteiger charge is 2.32. The molecule has 0 spiro atoms. The van der Waals surface area contributed by atoms with E-state index >= 15 is 0 Å². The average Bonchev–Trinajstić information content (AvgIpc) is 3.65. The number of carbonyl (C=O) groups excluding carboxylic acids is 2. The Kier molecular flexibility index (Phi) is 9.28. The number of methoxy groups -OCH3 is 1. The lowest BCUT2D eigenvalue weighted by Crippen LogP contribution is -2.35. The zero-order valence-electron chi connectivity index (χ0n) is 25.7. The largest absolute Gasteiger partial charge is 0.493 e. The number of ether oxygens (including phenoxy) is 4. The predicted octanol–water partition coefficient (Wildman–Crippen LogP) is 6.37. The van der Waals surface area contributed by atoms with E-state index in [-0.39, 0.29) is 17.9 Å². The maximum absolute atomic E-state index is 13.1. The van der Waals surface area contributed by atoms with Crippen molar-refractivity contribution in [2.24, 2.45) is 4.99 Å². The minimum Gasteiger partial charge on any atom is -0.493 e. The van der Waals surface area contributed by atoms with Crippen molar-refractivity contribution in [3.05, 3.63) is 77.6 Å². The number of aromatic nitrogens is 2. The number of hydrogen-bond acceptors (Lipinski definition) is 8. The molecule has 3 aromatic carbocycles.